The molecule has 0 bridgehead atoms. The smallest absolute Gasteiger partial charge is 0.443 e. The third kappa shape index (κ3) is 7.78. The van der Waals surface area contributed by atoms with E-state index in [1.165, 1.54) is 10.9 Å². The maximum atomic E-state index is 13.3. The third-order valence-electron chi connectivity index (χ3n) is 5.36. The van der Waals surface area contributed by atoms with Gasteiger partial charge < -0.3 is 28.8 Å². The first-order valence-electron chi connectivity index (χ1n) is 13.0. The van der Waals surface area contributed by atoms with E-state index in [9.17, 15) is 19.5 Å². The van der Waals surface area contributed by atoms with Crippen LogP contribution in [-0.4, -0.2) is 78.6 Å². The normalized spacial score (nSPS) is 21.0. The van der Waals surface area contributed by atoms with Crippen molar-refractivity contribution in [2.24, 2.45) is 5.92 Å². The SMILES string of the molecule is C#C[C@@H]1[C@@H](OC(=O)OC(C)(C)C)[C@H](n2cnc3c(N(C(=O)OC(C)(C)C)C(=O)OC(C)(C)C)nc(Cl)nc32)O[C@@H]1CO. The second-order valence-corrected chi connectivity index (χ2v) is 12.8. The summed E-state index contributed by atoms with van der Waals surface area (Å²) in [5, 5.41) is 9.56. The number of rotatable bonds is 4. The number of carbonyl (C=O) groups is 3. The summed E-state index contributed by atoms with van der Waals surface area (Å²) in [6.45, 7) is 14.2. The van der Waals surface area contributed by atoms with E-state index in [2.05, 4.69) is 20.9 Å². The summed E-state index contributed by atoms with van der Waals surface area (Å²) < 4.78 is 29.1. The molecule has 3 rings (SSSR count). The number of imide groups is 1. The molecule has 1 fully saturated rings. The molecule has 1 saturated heterocycles. The Morgan fingerprint density at radius 2 is 1.57 bits per heavy atom. The molecular weight excluding hydrogens is 574 g/mol. The van der Waals surface area contributed by atoms with Gasteiger partial charge in [-0.15, -0.1) is 6.42 Å². The number of aromatic nitrogens is 4. The van der Waals surface area contributed by atoms with Gasteiger partial charge in [-0.1, -0.05) is 5.92 Å². The average Bonchev–Trinajstić information content (AvgIpc) is 3.35. The molecule has 3 heterocycles. The van der Waals surface area contributed by atoms with Crippen LogP contribution in [0.2, 0.25) is 5.28 Å². The van der Waals surface area contributed by atoms with Gasteiger partial charge in [0, 0.05) is 0 Å². The summed E-state index contributed by atoms with van der Waals surface area (Å²) in [5.74, 6) is 1.28. The highest BCUT2D eigenvalue weighted by atomic mass is 35.5. The molecule has 2 aromatic rings. The fourth-order valence-corrected chi connectivity index (χ4v) is 4.07. The van der Waals surface area contributed by atoms with E-state index in [0.29, 0.717) is 4.90 Å². The van der Waals surface area contributed by atoms with Gasteiger partial charge in [-0.2, -0.15) is 14.9 Å². The van der Waals surface area contributed by atoms with Crippen molar-refractivity contribution in [3.05, 3.63) is 11.6 Å². The molecule has 0 unspecified atom stereocenters. The number of terminal acetylenes is 1. The first kappa shape index (κ1) is 32.8. The van der Waals surface area contributed by atoms with Crippen LogP contribution in [0.15, 0.2) is 6.33 Å². The number of aliphatic hydroxyl groups excluding tert-OH is 1. The second-order valence-electron chi connectivity index (χ2n) is 12.4. The predicted octanol–water partition coefficient (Wildman–Crippen LogP) is 4.62. The van der Waals surface area contributed by atoms with Gasteiger partial charge in [-0.3, -0.25) is 4.57 Å². The summed E-state index contributed by atoms with van der Waals surface area (Å²) >= 11 is 6.27. The lowest BCUT2D eigenvalue weighted by Gasteiger charge is -2.28. The van der Waals surface area contributed by atoms with Crippen molar-refractivity contribution in [1.82, 2.24) is 19.5 Å². The van der Waals surface area contributed by atoms with Gasteiger partial charge in [-0.25, -0.2) is 19.4 Å². The number of ether oxygens (including phenoxy) is 5. The first-order valence-corrected chi connectivity index (χ1v) is 13.4. The number of amides is 2. The van der Waals surface area contributed by atoms with Crippen LogP contribution < -0.4 is 4.90 Å². The molecule has 0 aromatic carbocycles. The Morgan fingerprint density at radius 3 is 2.05 bits per heavy atom. The molecule has 230 valence electrons. The van der Waals surface area contributed by atoms with Gasteiger partial charge in [0.25, 0.3) is 0 Å². The van der Waals surface area contributed by atoms with E-state index >= 15 is 0 Å². The lowest BCUT2D eigenvalue weighted by Crippen LogP contribution is -2.44. The van der Waals surface area contributed by atoms with Crippen molar-refractivity contribution in [2.45, 2.75) is 97.6 Å². The van der Waals surface area contributed by atoms with Crippen molar-refractivity contribution in [3.8, 4) is 12.3 Å². The monoisotopic (exact) mass is 609 g/mol. The molecule has 2 amide bonds. The largest absolute Gasteiger partial charge is 0.509 e. The minimum Gasteiger partial charge on any atom is -0.443 e. The summed E-state index contributed by atoms with van der Waals surface area (Å²) in [5.41, 5.74) is -2.92. The standard InChI is InChI=1S/C27H36ClN5O9/c1-11-14-15(12-34)38-20(17(14)39-24(37)42-27(8,9)10)32-13-29-16-18(32)30-21(28)31-19(16)33(22(35)40-25(2,3)4)23(36)41-26(5,6)7/h1,13-15,17,20,34H,12H2,2-10H3/t14-,15+,17+,20+/m0/s1. The number of halogens is 1. The molecule has 4 atom stereocenters. The Morgan fingerprint density at radius 1 is 1.02 bits per heavy atom. The summed E-state index contributed by atoms with van der Waals surface area (Å²) in [6, 6.07) is 0. The zero-order valence-electron chi connectivity index (χ0n) is 25.0. The van der Waals surface area contributed by atoms with E-state index in [1.54, 1.807) is 62.3 Å². The minimum absolute atomic E-state index is 0.0146. The molecule has 1 aliphatic rings. The lowest BCUT2D eigenvalue weighted by molar-refractivity contribution is -0.0751. The highest BCUT2D eigenvalue weighted by Gasteiger charge is 2.48. The molecule has 0 aliphatic carbocycles. The Hall–Kier alpha value is -3.67. The van der Waals surface area contributed by atoms with Gasteiger partial charge >= 0.3 is 18.3 Å². The number of fused-ring (bicyclic) bond motifs is 1. The van der Waals surface area contributed by atoms with Crippen molar-refractivity contribution in [2.75, 3.05) is 11.5 Å². The van der Waals surface area contributed by atoms with Crippen molar-refractivity contribution in [3.63, 3.8) is 0 Å². The summed E-state index contributed by atoms with van der Waals surface area (Å²) in [7, 11) is 0. The van der Waals surface area contributed by atoms with Crippen LogP contribution in [0, 0.1) is 18.3 Å². The van der Waals surface area contributed by atoms with Crippen LogP contribution >= 0.6 is 11.6 Å². The van der Waals surface area contributed by atoms with Gasteiger partial charge in [0.1, 0.15) is 22.9 Å². The summed E-state index contributed by atoms with van der Waals surface area (Å²) in [6.07, 6.45) is 0.503. The molecule has 1 aliphatic heterocycles. The Kier molecular flexibility index (Phi) is 9.31. The molecule has 42 heavy (non-hydrogen) atoms. The molecule has 0 saturated carbocycles. The quantitative estimate of drug-likeness (QED) is 0.222. The number of aliphatic hydroxyl groups is 1. The molecule has 0 radical (unpaired) electrons. The Bertz CT molecular complexity index is 1360. The lowest BCUT2D eigenvalue weighted by atomic mass is 9.99. The minimum atomic E-state index is -1.17. The number of hydrogen-bond donors (Lipinski definition) is 1. The fraction of sp³-hybridized carbons (Fsp3) is 0.630. The van der Waals surface area contributed by atoms with Crippen LogP contribution in [0.5, 0.6) is 0 Å². The van der Waals surface area contributed by atoms with Crippen molar-refractivity contribution < 1.29 is 43.2 Å². The van der Waals surface area contributed by atoms with E-state index in [1.807, 2.05) is 0 Å². The molecule has 15 heteroatoms. The molecule has 14 nitrogen and oxygen atoms in total. The first-order chi connectivity index (χ1) is 19.2. The molecule has 1 N–H and O–H groups in total. The van der Waals surface area contributed by atoms with Crippen molar-refractivity contribution >= 4 is 46.9 Å². The zero-order valence-corrected chi connectivity index (χ0v) is 25.8. The Balaban J connectivity index is 2.15. The van der Waals surface area contributed by atoms with Crippen LogP contribution in [0.1, 0.15) is 68.5 Å². The number of imidazole rings is 1. The molecule has 0 spiro atoms. The van der Waals surface area contributed by atoms with Gasteiger partial charge in [0.15, 0.2) is 29.3 Å². The third-order valence-corrected chi connectivity index (χ3v) is 5.53. The topological polar surface area (TPSA) is 164 Å². The van der Waals surface area contributed by atoms with Crippen LogP contribution in [-0.2, 0) is 23.7 Å². The van der Waals surface area contributed by atoms with Crippen LogP contribution in [0.3, 0.4) is 0 Å². The maximum absolute atomic E-state index is 13.3. The number of nitrogens with zero attached hydrogens (tertiary/aromatic N) is 5. The zero-order chi connectivity index (χ0) is 31.8. The second kappa shape index (κ2) is 11.9. The van der Waals surface area contributed by atoms with Gasteiger partial charge in [0.05, 0.1) is 18.9 Å². The number of carbonyl (C=O) groups excluding carboxylic acids is 3. The highest BCUT2D eigenvalue weighted by Crippen LogP contribution is 2.39. The van der Waals surface area contributed by atoms with Crippen LogP contribution in [0.4, 0.5) is 20.2 Å². The average molecular weight is 610 g/mol. The summed E-state index contributed by atoms with van der Waals surface area (Å²) in [4.78, 5) is 52.4. The van der Waals surface area contributed by atoms with E-state index in [0.717, 1.165) is 0 Å². The van der Waals surface area contributed by atoms with Crippen LogP contribution in [0.25, 0.3) is 11.2 Å². The van der Waals surface area contributed by atoms with E-state index < -0.39 is 66.1 Å². The Labute approximate surface area is 248 Å². The number of hydrogen-bond acceptors (Lipinski definition) is 12. The maximum Gasteiger partial charge on any atom is 0.509 e. The molecular formula is C27H36ClN5O9. The highest BCUT2D eigenvalue weighted by molar-refractivity contribution is 6.29. The van der Waals surface area contributed by atoms with Crippen molar-refractivity contribution in [1.29, 1.82) is 0 Å². The predicted molar refractivity (Wildman–Crippen MR) is 150 cm³/mol. The van der Waals surface area contributed by atoms with E-state index in [-0.39, 0.29) is 22.3 Å². The van der Waals surface area contributed by atoms with Gasteiger partial charge in [0.2, 0.25) is 5.28 Å². The van der Waals surface area contributed by atoms with E-state index in [4.69, 9.17) is 41.7 Å². The van der Waals surface area contributed by atoms with Gasteiger partial charge in [-0.05, 0) is 73.9 Å². The number of anilines is 1. The molecule has 2 aromatic heterocycles. The fourth-order valence-electron chi connectivity index (χ4n) is 3.91.